The summed E-state index contributed by atoms with van der Waals surface area (Å²) in [6, 6.07) is 5.29. The Morgan fingerprint density at radius 3 is 2.56 bits per heavy atom. The second-order valence-corrected chi connectivity index (χ2v) is 6.62. The highest BCUT2D eigenvalue weighted by Crippen LogP contribution is 2.24. The van der Waals surface area contributed by atoms with Gasteiger partial charge in [-0.25, -0.2) is 0 Å². The first-order valence-electron chi connectivity index (χ1n) is 6.05. The van der Waals surface area contributed by atoms with E-state index in [9.17, 15) is 4.79 Å². The van der Waals surface area contributed by atoms with Crippen molar-refractivity contribution >= 4 is 27.5 Å². The lowest BCUT2D eigenvalue weighted by molar-refractivity contribution is 0.0938. The zero-order valence-corrected chi connectivity index (χ0v) is 13.0. The largest absolute Gasteiger partial charge is 0.398 e. The maximum absolute atomic E-state index is 12.0. The number of halogens is 1. The summed E-state index contributed by atoms with van der Waals surface area (Å²) in [7, 11) is 0. The van der Waals surface area contributed by atoms with Crippen LogP contribution < -0.4 is 11.1 Å². The molecule has 1 aromatic carbocycles. The average Bonchev–Trinajstić information content (AvgIpc) is 2.24. The molecule has 0 saturated carbocycles. The van der Waals surface area contributed by atoms with Crippen LogP contribution in [0.5, 0.6) is 0 Å². The molecule has 0 aromatic heterocycles. The molecule has 100 valence electrons. The number of benzene rings is 1. The van der Waals surface area contributed by atoms with Gasteiger partial charge in [-0.1, -0.05) is 43.6 Å². The van der Waals surface area contributed by atoms with Crippen molar-refractivity contribution < 1.29 is 4.79 Å². The molecule has 1 unspecified atom stereocenters. The molecule has 3 nitrogen and oxygen atoms in total. The van der Waals surface area contributed by atoms with Gasteiger partial charge in [0.2, 0.25) is 0 Å². The van der Waals surface area contributed by atoms with Crippen molar-refractivity contribution in [2.45, 2.75) is 27.7 Å². The third-order valence-corrected chi connectivity index (χ3v) is 3.80. The number of hydrogen-bond acceptors (Lipinski definition) is 2. The maximum atomic E-state index is 12.0. The lowest BCUT2D eigenvalue weighted by Gasteiger charge is -2.27. The Morgan fingerprint density at radius 2 is 2.06 bits per heavy atom. The van der Waals surface area contributed by atoms with Crippen LogP contribution in [0, 0.1) is 11.3 Å². The molecule has 0 saturated heterocycles. The molecule has 0 heterocycles. The average molecular weight is 313 g/mol. The van der Waals surface area contributed by atoms with Gasteiger partial charge in [-0.05, 0) is 29.5 Å². The maximum Gasteiger partial charge on any atom is 0.253 e. The minimum atomic E-state index is -0.115. The number of anilines is 1. The summed E-state index contributed by atoms with van der Waals surface area (Å²) < 4.78 is 0.875. The van der Waals surface area contributed by atoms with Crippen LogP contribution in [-0.2, 0) is 0 Å². The monoisotopic (exact) mass is 312 g/mol. The lowest BCUT2D eigenvalue weighted by Crippen LogP contribution is -2.34. The standard InChI is InChI=1S/C14H21BrN2O/c1-9(14(2,3)4)8-17-13(18)11-6-5-10(15)7-12(11)16/h5-7,9H,8,16H2,1-4H3,(H,17,18). The minimum Gasteiger partial charge on any atom is -0.398 e. The van der Waals surface area contributed by atoms with E-state index in [2.05, 4.69) is 48.9 Å². The van der Waals surface area contributed by atoms with Gasteiger partial charge in [0.1, 0.15) is 0 Å². The summed E-state index contributed by atoms with van der Waals surface area (Å²) in [5.74, 6) is 0.286. The Labute approximate surface area is 117 Å². The van der Waals surface area contributed by atoms with Crippen LogP contribution in [-0.4, -0.2) is 12.5 Å². The number of rotatable bonds is 3. The molecule has 0 aliphatic heterocycles. The Bertz CT molecular complexity index is 438. The van der Waals surface area contributed by atoms with Gasteiger partial charge in [-0.15, -0.1) is 0 Å². The van der Waals surface area contributed by atoms with E-state index in [1.165, 1.54) is 0 Å². The molecule has 18 heavy (non-hydrogen) atoms. The van der Waals surface area contributed by atoms with Gasteiger partial charge in [-0.3, -0.25) is 4.79 Å². The molecule has 0 spiro atoms. The van der Waals surface area contributed by atoms with E-state index in [0.29, 0.717) is 23.7 Å². The normalized spacial score (nSPS) is 13.2. The van der Waals surface area contributed by atoms with Crippen LogP contribution in [0.2, 0.25) is 0 Å². The van der Waals surface area contributed by atoms with Crippen LogP contribution in [0.25, 0.3) is 0 Å². The molecule has 1 aromatic rings. The topological polar surface area (TPSA) is 55.1 Å². The Kier molecular flexibility index (Phi) is 4.79. The fraction of sp³-hybridized carbons (Fsp3) is 0.500. The zero-order chi connectivity index (χ0) is 13.9. The number of carbonyl (C=O) groups is 1. The molecule has 1 rings (SSSR count). The zero-order valence-electron chi connectivity index (χ0n) is 11.4. The molecule has 0 aliphatic carbocycles. The van der Waals surface area contributed by atoms with E-state index in [-0.39, 0.29) is 11.3 Å². The highest BCUT2D eigenvalue weighted by molar-refractivity contribution is 9.10. The molecular weight excluding hydrogens is 292 g/mol. The molecule has 0 radical (unpaired) electrons. The van der Waals surface area contributed by atoms with E-state index < -0.39 is 0 Å². The number of nitrogens with two attached hydrogens (primary N) is 1. The summed E-state index contributed by atoms with van der Waals surface area (Å²) in [6.45, 7) is 9.27. The predicted molar refractivity (Wildman–Crippen MR) is 79.5 cm³/mol. The van der Waals surface area contributed by atoms with Gasteiger partial charge in [0.15, 0.2) is 0 Å². The summed E-state index contributed by atoms with van der Waals surface area (Å²) in [5, 5.41) is 2.93. The van der Waals surface area contributed by atoms with Gasteiger partial charge in [0, 0.05) is 16.7 Å². The number of nitrogen functional groups attached to an aromatic ring is 1. The van der Waals surface area contributed by atoms with E-state index in [1.54, 1.807) is 12.1 Å². The summed E-state index contributed by atoms with van der Waals surface area (Å²) >= 11 is 3.32. The van der Waals surface area contributed by atoms with Crippen molar-refractivity contribution in [3.8, 4) is 0 Å². The molecule has 0 bridgehead atoms. The van der Waals surface area contributed by atoms with Gasteiger partial charge in [0.25, 0.3) is 5.91 Å². The molecular formula is C14H21BrN2O. The van der Waals surface area contributed by atoms with Crippen molar-refractivity contribution in [3.63, 3.8) is 0 Å². The molecule has 0 fully saturated rings. The second kappa shape index (κ2) is 5.74. The minimum absolute atomic E-state index is 0.115. The highest BCUT2D eigenvalue weighted by atomic mass is 79.9. The number of amides is 1. The quantitative estimate of drug-likeness (QED) is 0.840. The predicted octanol–water partition coefficient (Wildman–Crippen LogP) is 3.44. The Balaban J connectivity index is 2.66. The first-order chi connectivity index (χ1) is 8.21. The van der Waals surface area contributed by atoms with Crippen molar-refractivity contribution in [2.24, 2.45) is 11.3 Å². The van der Waals surface area contributed by atoms with Crippen molar-refractivity contribution in [2.75, 3.05) is 12.3 Å². The first kappa shape index (κ1) is 15.0. The van der Waals surface area contributed by atoms with Gasteiger partial charge >= 0.3 is 0 Å². The van der Waals surface area contributed by atoms with E-state index in [4.69, 9.17) is 5.73 Å². The second-order valence-electron chi connectivity index (χ2n) is 5.71. The van der Waals surface area contributed by atoms with Gasteiger partial charge < -0.3 is 11.1 Å². The molecule has 3 N–H and O–H groups in total. The van der Waals surface area contributed by atoms with Crippen LogP contribution in [0.4, 0.5) is 5.69 Å². The van der Waals surface area contributed by atoms with E-state index >= 15 is 0 Å². The van der Waals surface area contributed by atoms with E-state index in [0.717, 1.165) is 4.47 Å². The SMILES string of the molecule is CC(CNC(=O)c1ccc(Br)cc1N)C(C)(C)C. The summed E-state index contributed by atoms with van der Waals surface area (Å²) in [6.07, 6.45) is 0. The summed E-state index contributed by atoms with van der Waals surface area (Å²) in [5.41, 5.74) is 7.02. The number of carbonyl (C=O) groups excluding carboxylic acids is 1. The Hall–Kier alpha value is -1.03. The van der Waals surface area contributed by atoms with Crippen LogP contribution in [0.3, 0.4) is 0 Å². The molecule has 1 atom stereocenters. The van der Waals surface area contributed by atoms with Crippen molar-refractivity contribution in [1.82, 2.24) is 5.32 Å². The molecule has 0 aliphatic rings. The van der Waals surface area contributed by atoms with Crippen molar-refractivity contribution in [1.29, 1.82) is 0 Å². The number of hydrogen-bond donors (Lipinski definition) is 2. The van der Waals surface area contributed by atoms with Gasteiger partial charge in [-0.2, -0.15) is 0 Å². The lowest BCUT2D eigenvalue weighted by atomic mass is 9.82. The fourth-order valence-electron chi connectivity index (χ4n) is 1.39. The molecule has 4 heteroatoms. The fourth-order valence-corrected chi connectivity index (χ4v) is 1.77. The van der Waals surface area contributed by atoms with Crippen LogP contribution in [0.1, 0.15) is 38.1 Å². The van der Waals surface area contributed by atoms with E-state index in [1.807, 2.05) is 6.07 Å². The van der Waals surface area contributed by atoms with Gasteiger partial charge in [0.05, 0.1) is 5.56 Å². The van der Waals surface area contributed by atoms with Crippen LogP contribution >= 0.6 is 15.9 Å². The van der Waals surface area contributed by atoms with Crippen molar-refractivity contribution in [3.05, 3.63) is 28.2 Å². The smallest absolute Gasteiger partial charge is 0.253 e. The third kappa shape index (κ3) is 4.02. The third-order valence-electron chi connectivity index (χ3n) is 3.31. The highest BCUT2D eigenvalue weighted by Gasteiger charge is 2.20. The first-order valence-corrected chi connectivity index (χ1v) is 6.84. The van der Waals surface area contributed by atoms with Crippen LogP contribution in [0.15, 0.2) is 22.7 Å². The Morgan fingerprint density at radius 1 is 1.44 bits per heavy atom. The summed E-state index contributed by atoms with van der Waals surface area (Å²) in [4.78, 5) is 12.0. The number of nitrogens with one attached hydrogen (secondary N) is 1. The molecule has 1 amide bonds.